The van der Waals surface area contributed by atoms with Crippen LogP contribution in [0, 0.1) is 11.8 Å². The zero-order valence-electron chi connectivity index (χ0n) is 24.3. The summed E-state index contributed by atoms with van der Waals surface area (Å²) in [5.74, 6) is 6.78. The highest BCUT2D eigenvalue weighted by Crippen LogP contribution is 2.37. The zero-order chi connectivity index (χ0) is 28.5. The average Bonchev–Trinajstić information content (AvgIpc) is 2.91. The lowest BCUT2D eigenvalue weighted by atomic mass is 10.1. The Labute approximate surface area is 240 Å². The predicted molar refractivity (Wildman–Crippen MR) is 170 cm³/mol. The topological polar surface area (TPSA) is 29.5 Å². The fourth-order valence-electron chi connectivity index (χ4n) is 4.85. The zero-order valence-corrected chi connectivity index (χ0v) is 26.1. The van der Waals surface area contributed by atoms with E-state index in [0.29, 0.717) is 19.6 Å². The van der Waals surface area contributed by atoms with Crippen LogP contribution in [-0.4, -0.2) is 40.8 Å². The average molecular weight is 558 g/mol. The standard InChI is InChI=1S/C34H43NO2SSi/c1-8-27-35(38(36)33(2,3)4)30(25-24-29-18-12-9-13-19-29)26-28-37-39(34(5,6)7,31-20-14-10-15-21-31)32-22-16-11-17-23-32/h8-23,30H,1,26-28H2,2-7H3/t30?,38-/m1/s1. The van der Waals surface area contributed by atoms with Crippen LogP contribution in [0.4, 0.5) is 0 Å². The molecule has 0 N–H and O–H groups in total. The fraction of sp³-hybridized carbons (Fsp3) is 0.353. The van der Waals surface area contributed by atoms with Crippen molar-refractivity contribution in [3.05, 3.63) is 109 Å². The molecule has 3 aromatic rings. The Hall–Kier alpha value is -2.75. The molecule has 0 fully saturated rings. The first-order valence-electron chi connectivity index (χ1n) is 13.6. The highest BCUT2D eigenvalue weighted by molar-refractivity contribution is 7.84. The number of rotatable bonds is 10. The first-order chi connectivity index (χ1) is 18.5. The molecular weight excluding hydrogens is 515 g/mol. The van der Waals surface area contributed by atoms with Crippen LogP contribution >= 0.6 is 0 Å². The molecule has 3 nitrogen and oxygen atoms in total. The van der Waals surface area contributed by atoms with Gasteiger partial charge in [-0.3, -0.25) is 0 Å². The number of nitrogens with zero attached hydrogens (tertiary/aromatic N) is 1. The Kier molecular flexibility index (Phi) is 10.7. The molecule has 3 aromatic carbocycles. The Morgan fingerprint density at radius 2 is 1.36 bits per heavy atom. The molecule has 5 heteroatoms. The molecule has 39 heavy (non-hydrogen) atoms. The number of hydrogen-bond acceptors (Lipinski definition) is 2. The number of hydrogen-bond donors (Lipinski definition) is 0. The summed E-state index contributed by atoms with van der Waals surface area (Å²) < 4.78 is 22.4. The molecule has 2 atom stereocenters. The molecule has 0 radical (unpaired) electrons. The third-order valence-corrected chi connectivity index (χ3v) is 13.6. The fourth-order valence-corrected chi connectivity index (χ4v) is 10.8. The molecule has 0 heterocycles. The van der Waals surface area contributed by atoms with Crippen LogP contribution in [0.15, 0.2) is 104 Å². The largest absolute Gasteiger partial charge is 0.407 e. The van der Waals surface area contributed by atoms with Crippen molar-refractivity contribution in [2.24, 2.45) is 0 Å². The lowest BCUT2D eigenvalue weighted by molar-refractivity contribution is 0.262. The summed E-state index contributed by atoms with van der Waals surface area (Å²) >= 11 is 0. The van der Waals surface area contributed by atoms with Crippen LogP contribution in [0.2, 0.25) is 5.04 Å². The van der Waals surface area contributed by atoms with Gasteiger partial charge >= 0.3 is 0 Å². The van der Waals surface area contributed by atoms with E-state index in [-0.39, 0.29) is 11.1 Å². The molecule has 0 spiro atoms. The summed E-state index contributed by atoms with van der Waals surface area (Å²) in [6, 6.07) is 31.0. The molecule has 0 amide bonds. The van der Waals surface area contributed by atoms with Crippen molar-refractivity contribution < 1.29 is 8.63 Å². The molecule has 1 unspecified atom stereocenters. The third kappa shape index (κ3) is 7.68. The van der Waals surface area contributed by atoms with E-state index in [9.17, 15) is 4.21 Å². The first kappa shape index (κ1) is 30.8. The second-order valence-electron chi connectivity index (χ2n) is 11.7. The second kappa shape index (κ2) is 13.5. The van der Waals surface area contributed by atoms with Crippen molar-refractivity contribution in [2.75, 3.05) is 13.2 Å². The van der Waals surface area contributed by atoms with Gasteiger partial charge in [-0.1, -0.05) is 118 Å². The number of benzene rings is 3. The summed E-state index contributed by atoms with van der Waals surface area (Å²) in [5, 5.41) is 2.38. The van der Waals surface area contributed by atoms with E-state index in [4.69, 9.17) is 4.43 Å². The van der Waals surface area contributed by atoms with E-state index in [1.807, 2.05) is 61.5 Å². The van der Waals surface area contributed by atoms with Gasteiger partial charge in [-0.25, -0.2) is 8.51 Å². The Morgan fingerprint density at radius 1 is 0.872 bits per heavy atom. The van der Waals surface area contributed by atoms with Crippen molar-refractivity contribution in [1.29, 1.82) is 0 Å². The van der Waals surface area contributed by atoms with Gasteiger partial charge in [0.1, 0.15) is 11.0 Å². The molecule has 0 aliphatic carbocycles. The van der Waals surface area contributed by atoms with Crippen molar-refractivity contribution in [3.63, 3.8) is 0 Å². The maximum Gasteiger partial charge on any atom is 0.261 e. The summed E-state index contributed by atoms with van der Waals surface area (Å²) in [6.07, 6.45) is 2.43. The van der Waals surface area contributed by atoms with E-state index < -0.39 is 24.1 Å². The quantitative estimate of drug-likeness (QED) is 0.166. The van der Waals surface area contributed by atoms with Crippen LogP contribution in [0.25, 0.3) is 0 Å². The van der Waals surface area contributed by atoms with Crippen LogP contribution in [-0.2, 0) is 15.4 Å². The maximum atomic E-state index is 13.7. The van der Waals surface area contributed by atoms with Gasteiger partial charge in [-0.15, -0.1) is 6.58 Å². The molecule has 3 rings (SSSR count). The summed E-state index contributed by atoms with van der Waals surface area (Å²) in [7, 11) is -3.94. The van der Waals surface area contributed by atoms with Crippen LogP contribution < -0.4 is 10.4 Å². The van der Waals surface area contributed by atoms with Crippen LogP contribution in [0.5, 0.6) is 0 Å². The van der Waals surface area contributed by atoms with E-state index in [2.05, 4.69) is 99.9 Å². The predicted octanol–water partition coefficient (Wildman–Crippen LogP) is 6.32. The monoisotopic (exact) mass is 557 g/mol. The minimum absolute atomic E-state index is 0.115. The lowest BCUT2D eigenvalue weighted by Crippen LogP contribution is -2.66. The van der Waals surface area contributed by atoms with Gasteiger partial charge < -0.3 is 4.43 Å². The summed E-state index contributed by atoms with van der Waals surface area (Å²) in [6.45, 7) is 17.8. The Bertz CT molecular complexity index is 1230. The summed E-state index contributed by atoms with van der Waals surface area (Å²) in [4.78, 5) is 0. The van der Waals surface area contributed by atoms with Gasteiger partial charge in [0.2, 0.25) is 0 Å². The molecule has 0 saturated carbocycles. The molecule has 0 aliphatic rings. The van der Waals surface area contributed by atoms with Crippen molar-refractivity contribution in [3.8, 4) is 11.8 Å². The minimum Gasteiger partial charge on any atom is -0.407 e. The van der Waals surface area contributed by atoms with Crippen molar-refractivity contribution in [1.82, 2.24) is 4.31 Å². The van der Waals surface area contributed by atoms with E-state index in [0.717, 1.165) is 5.56 Å². The molecule has 0 aliphatic heterocycles. The summed E-state index contributed by atoms with van der Waals surface area (Å²) in [5.41, 5.74) is 0.940. The van der Waals surface area contributed by atoms with Gasteiger partial charge in [0.15, 0.2) is 0 Å². The lowest BCUT2D eigenvalue weighted by Gasteiger charge is -2.43. The molecule has 0 aromatic heterocycles. The van der Waals surface area contributed by atoms with Gasteiger partial charge in [-0.05, 0) is 54.7 Å². The van der Waals surface area contributed by atoms with Gasteiger partial charge in [-0.2, -0.15) is 0 Å². The van der Waals surface area contributed by atoms with Crippen LogP contribution in [0.3, 0.4) is 0 Å². The third-order valence-electron chi connectivity index (χ3n) is 6.68. The normalized spacial score (nSPS) is 13.8. The Morgan fingerprint density at radius 3 is 1.79 bits per heavy atom. The maximum absolute atomic E-state index is 13.7. The van der Waals surface area contributed by atoms with E-state index in [1.54, 1.807) is 0 Å². The van der Waals surface area contributed by atoms with Crippen LogP contribution in [0.1, 0.15) is 53.5 Å². The Balaban J connectivity index is 2.02. The molecule has 206 valence electrons. The van der Waals surface area contributed by atoms with Crippen molar-refractivity contribution in [2.45, 2.75) is 63.8 Å². The van der Waals surface area contributed by atoms with E-state index >= 15 is 0 Å². The molecule has 0 bridgehead atoms. The second-order valence-corrected chi connectivity index (χ2v) is 18.2. The first-order valence-corrected chi connectivity index (χ1v) is 16.6. The highest BCUT2D eigenvalue weighted by atomic mass is 32.2. The van der Waals surface area contributed by atoms with Crippen molar-refractivity contribution >= 4 is 29.7 Å². The smallest absolute Gasteiger partial charge is 0.261 e. The highest BCUT2D eigenvalue weighted by Gasteiger charge is 2.50. The SMILES string of the molecule is C=CCN(C(C#Cc1ccccc1)CCO[Si](c1ccccc1)(c1ccccc1)C(C)(C)C)[S@](=O)C(C)(C)C. The minimum atomic E-state index is -2.68. The van der Waals surface area contributed by atoms with Gasteiger partial charge in [0, 0.05) is 18.7 Å². The van der Waals surface area contributed by atoms with Gasteiger partial charge in [0.25, 0.3) is 8.32 Å². The molecular formula is C34H43NO2SSi. The molecule has 0 saturated heterocycles. The van der Waals surface area contributed by atoms with E-state index in [1.165, 1.54) is 10.4 Å². The van der Waals surface area contributed by atoms with Gasteiger partial charge in [0.05, 0.1) is 10.8 Å².